The highest BCUT2D eigenvalue weighted by Gasteiger charge is 2.09. The Hall–Kier alpha value is -2.27. The van der Waals surface area contributed by atoms with Crippen molar-refractivity contribution in [1.82, 2.24) is 0 Å². The summed E-state index contributed by atoms with van der Waals surface area (Å²) >= 11 is 3.47. The van der Waals surface area contributed by atoms with Gasteiger partial charge in [-0.2, -0.15) is 0 Å². The molecule has 1 N–H and O–H groups in total. The normalized spacial score (nSPS) is 10.8. The number of hydrogen-bond donors (Lipinski definition) is 1. The molecule has 0 atom stereocenters. The number of para-hydroxylation sites is 1. The van der Waals surface area contributed by atoms with E-state index in [2.05, 4.69) is 15.9 Å². The molecule has 3 aromatic rings. The lowest BCUT2D eigenvalue weighted by molar-refractivity contribution is -0.136. The minimum Gasteiger partial charge on any atom is -0.489 e. The first-order chi connectivity index (χ1) is 10.6. The second-order valence-electron chi connectivity index (χ2n) is 4.88. The van der Waals surface area contributed by atoms with Gasteiger partial charge in [0.1, 0.15) is 17.9 Å². The smallest absolute Gasteiger partial charge is 0.307 e. The van der Waals surface area contributed by atoms with Gasteiger partial charge in [-0.3, -0.25) is 4.79 Å². The minimum atomic E-state index is -0.876. The van der Waals surface area contributed by atoms with E-state index in [1.54, 1.807) is 24.5 Å². The van der Waals surface area contributed by atoms with Crippen LogP contribution in [0.25, 0.3) is 11.0 Å². The van der Waals surface area contributed by atoms with E-state index in [1.807, 2.05) is 24.3 Å². The van der Waals surface area contributed by atoms with E-state index in [4.69, 9.17) is 14.3 Å². The predicted molar refractivity (Wildman–Crippen MR) is 86.0 cm³/mol. The van der Waals surface area contributed by atoms with Gasteiger partial charge in [-0.05, 0) is 45.8 Å². The molecule has 1 aromatic heterocycles. The largest absolute Gasteiger partial charge is 0.489 e. The predicted octanol–water partition coefficient (Wildman–Crippen LogP) is 4.40. The molecule has 4 nitrogen and oxygen atoms in total. The molecular formula is C17H13BrO4. The van der Waals surface area contributed by atoms with Crippen LogP contribution in [0.3, 0.4) is 0 Å². The first-order valence-corrected chi connectivity index (χ1v) is 7.51. The van der Waals surface area contributed by atoms with Crippen LogP contribution >= 0.6 is 15.9 Å². The van der Waals surface area contributed by atoms with E-state index < -0.39 is 5.97 Å². The fourth-order valence-electron chi connectivity index (χ4n) is 2.29. The summed E-state index contributed by atoms with van der Waals surface area (Å²) in [5, 5.41) is 9.93. The van der Waals surface area contributed by atoms with Gasteiger partial charge in [0.2, 0.25) is 0 Å². The van der Waals surface area contributed by atoms with Gasteiger partial charge >= 0.3 is 5.97 Å². The fourth-order valence-corrected chi connectivity index (χ4v) is 2.91. The lowest BCUT2D eigenvalue weighted by Crippen LogP contribution is -2.04. The van der Waals surface area contributed by atoms with Gasteiger partial charge in [-0.15, -0.1) is 0 Å². The molecule has 3 rings (SSSR count). The molecule has 0 radical (unpaired) electrons. The van der Waals surface area contributed by atoms with Crippen molar-refractivity contribution in [3.8, 4) is 5.75 Å². The van der Waals surface area contributed by atoms with Crippen LogP contribution in [0.4, 0.5) is 0 Å². The zero-order valence-electron chi connectivity index (χ0n) is 11.6. The van der Waals surface area contributed by atoms with Crippen LogP contribution < -0.4 is 4.74 Å². The van der Waals surface area contributed by atoms with Crippen LogP contribution in [-0.4, -0.2) is 11.1 Å². The number of carbonyl (C=O) groups is 1. The summed E-state index contributed by atoms with van der Waals surface area (Å²) in [4.78, 5) is 10.9. The van der Waals surface area contributed by atoms with Gasteiger partial charge in [0.15, 0.2) is 0 Å². The molecule has 0 spiro atoms. The zero-order valence-corrected chi connectivity index (χ0v) is 13.2. The Morgan fingerprint density at radius 2 is 2.05 bits per heavy atom. The third-order valence-electron chi connectivity index (χ3n) is 3.27. The number of halogens is 1. The first kappa shape index (κ1) is 14.7. The summed E-state index contributed by atoms with van der Waals surface area (Å²) in [6, 6.07) is 13.0. The van der Waals surface area contributed by atoms with E-state index >= 15 is 0 Å². The van der Waals surface area contributed by atoms with Crippen molar-refractivity contribution in [2.75, 3.05) is 0 Å². The Kier molecular flexibility index (Phi) is 4.15. The number of furan rings is 1. The minimum absolute atomic E-state index is 0.0549. The van der Waals surface area contributed by atoms with E-state index in [0.29, 0.717) is 17.9 Å². The first-order valence-electron chi connectivity index (χ1n) is 6.71. The van der Waals surface area contributed by atoms with E-state index in [-0.39, 0.29) is 6.42 Å². The molecule has 112 valence electrons. The van der Waals surface area contributed by atoms with Gasteiger partial charge in [0.05, 0.1) is 17.2 Å². The molecule has 0 saturated carbocycles. The summed E-state index contributed by atoms with van der Waals surface area (Å²) in [6.45, 7) is 0.357. The number of ether oxygens (including phenoxy) is 1. The molecule has 0 amide bonds. The highest BCUT2D eigenvalue weighted by molar-refractivity contribution is 9.10. The highest BCUT2D eigenvalue weighted by atomic mass is 79.9. The maximum atomic E-state index is 10.9. The second kappa shape index (κ2) is 6.23. The van der Waals surface area contributed by atoms with Crippen LogP contribution in [0.1, 0.15) is 11.1 Å². The molecule has 0 saturated heterocycles. The molecular weight excluding hydrogens is 348 g/mol. The van der Waals surface area contributed by atoms with Gasteiger partial charge in [0.25, 0.3) is 0 Å². The average Bonchev–Trinajstić information content (AvgIpc) is 2.95. The number of carboxylic acids is 1. The molecule has 0 aliphatic heterocycles. The molecule has 1 heterocycles. The van der Waals surface area contributed by atoms with Crippen LogP contribution in [0.2, 0.25) is 0 Å². The van der Waals surface area contributed by atoms with Crippen LogP contribution in [-0.2, 0) is 17.8 Å². The maximum Gasteiger partial charge on any atom is 0.307 e. The van der Waals surface area contributed by atoms with E-state index in [1.165, 1.54) is 0 Å². The van der Waals surface area contributed by atoms with Crippen LogP contribution in [0, 0.1) is 0 Å². The Morgan fingerprint density at radius 1 is 1.23 bits per heavy atom. The summed E-state index contributed by atoms with van der Waals surface area (Å²) in [7, 11) is 0. The summed E-state index contributed by atoms with van der Waals surface area (Å²) in [5.41, 5.74) is 2.44. The van der Waals surface area contributed by atoms with Crippen molar-refractivity contribution in [2.45, 2.75) is 13.0 Å². The van der Waals surface area contributed by atoms with Crippen LogP contribution in [0.5, 0.6) is 5.75 Å². The molecule has 2 aromatic carbocycles. The Labute approximate surface area is 135 Å². The molecule has 0 fully saturated rings. The lowest BCUT2D eigenvalue weighted by Gasteiger charge is -2.10. The van der Waals surface area contributed by atoms with Crippen molar-refractivity contribution in [2.24, 2.45) is 0 Å². The number of aliphatic carboxylic acids is 1. The number of benzene rings is 2. The number of hydrogen-bond acceptors (Lipinski definition) is 3. The van der Waals surface area contributed by atoms with Crippen molar-refractivity contribution in [3.05, 3.63) is 64.3 Å². The Bertz CT molecular complexity index is 822. The Balaban J connectivity index is 1.80. The molecule has 0 aliphatic rings. The summed E-state index contributed by atoms with van der Waals surface area (Å²) in [6.07, 6.45) is 1.59. The van der Waals surface area contributed by atoms with Crippen molar-refractivity contribution < 1.29 is 19.1 Å². The van der Waals surface area contributed by atoms with Crippen molar-refractivity contribution >= 4 is 32.9 Å². The molecule has 0 bridgehead atoms. The summed E-state index contributed by atoms with van der Waals surface area (Å²) < 4.78 is 12.0. The van der Waals surface area contributed by atoms with Gasteiger partial charge in [-0.25, -0.2) is 0 Å². The Morgan fingerprint density at radius 3 is 2.86 bits per heavy atom. The van der Waals surface area contributed by atoms with Crippen molar-refractivity contribution in [3.63, 3.8) is 0 Å². The lowest BCUT2D eigenvalue weighted by atomic mass is 10.1. The van der Waals surface area contributed by atoms with Crippen molar-refractivity contribution in [1.29, 1.82) is 0 Å². The molecule has 22 heavy (non-hydrogen) atoms. The molecule has 0 unspecified atom stereocenters. The second-order valence-corrected chi connectivity index (χ2v) is 5.74. The topological polar surface area (TPSA) is 59.7 Å². The average molecular weight is 361 g/mol. The monoisotopic (exact) mass is 360 g/mol. The SMILES string of the molecule is O=C(O)Cc1ccccc1OCc1cc(Br)c2occc2c1. The number of rotatable bonds is 5. The molecule has 0 aliphatic carbocycles. The third kappa shape index (κ3) is 3.14. The highest BCUT2D eigenvalue weighted by Crippen LogP contribution is 2.28. The zero-order chi connectivity index (χ0) is 15.5. The quantitative estimate of drug-likeness (QED) is 0.732. The standard InChI is InChI=1S/C17H13BrO4/c18-14-8-11(7-13-5-6-21-17(13)14)10-22-15-4-2-1-3-12(15)9-16(19)20/h1-8H,9-10H2,(H,19,20). The van der Waals surface area contributed by atoms with Gasteiger partial charge in [0, 0.05) is 10.9 Å². The number of carboxylic acid groups (broad SMARTS) is 1. The van der Waals surface area contributed by atoms with Gasteiger partial charge < -0.3 is 14.3 Å². The molecule has 5 heteroatoms. The third-order valence-corrected chi connectivity index (χ3v) is 3.86. The number of fused-ring (bicyclic) bond motifs is 1. The fraction of sp³-hybridized carbons (Fsp3) is 0.118. The van der Waals surface area contributed by atoms with Gasteiger partial charge in [-0.1, -0.05) is 18.2 Å². The van der Waals surface area contributed by atoms with E-state index in [9.17, 15) is 4.79 Å². The summed E-state index contributed by atoms with van der Waals surface area (Å²) in [5.74, 6) is -0.285. The van der Waals surface area contributed by atoms with E-state index in [0.717, 1.165) is 21.0 Å². The maximum absolute atomic E-state index is 10.9. The van der Waals surface area contributed by atoms with Crippen LogP contribution in [0.15, 0.2) is 57.6 Å².